The Morgan fingerprint density at radius 3 is 2.26 bits per heavy atom. The fourth-order valence-corrected chi connectivity index (χ4v) is 5.75. The zero-order chi connectivity index (χ0) is 19.0. The van der Waals surface area contributed by atoms with Crippen molar-refractivity contribution in [3.05, 3.63) is 29.8 Å². The highest BCUT2D eigenvalue weighted by atomic mass is 32.1. The average molecular weight is 387 g/mol. The summed E-state index contributed by atoms with van der Waals surface area (Å²) in [7, 11) is 0. The number of hydrogen-bond donors (Lipinski definition) is 2. The second kappa shape index (κ2) is 7.78. The molecular formula is C22H30N2O2S. The van der Waals surface area contributed by atoms with E-state index in [1.807, 2.05) is 19.1 Å². The molecule has 146 valence electrons. The molecule has 0 saturated heterocycles. The molecule has 1 aromatic carbocycles. The number of hydrogen-bond acceptors (Lipinski definition) is 3. The lowest BCUT2D eigenvalue weighted by atomic mass is 9.54. The lowest BCUT2D eigenvalue weighted by Crippen LogP contribution is -2.57. The Labute approximate surface area is 167 Å². The van der Waals surface area contributed by atoms with Crippen LogP contribution in [-0.2, 0) is 0 Å². The van der Waals surface area contributed by atoms with Crippen LogP contribution in [0, 0.1) is 23.7 Å². The fraction of sp³-hybridized carbons (Fsp3) is 0.636. The summed E-state index contributed by atoms with van der Waals surface area (Å²) in [4.78, 5) is 12.5. The Morgan fingerprint density at radius 1 is 1.11 bits per heavy atom. The number of ether oxygens (including phenoxy) is 1. The molecule has 0 aromatic heterocycles. The second-order valence-electron chi connectivity index (χ2n) is 8.75. The van der Waals surface area contributed by atoms with Gasteiger partial charge in [0.15, 0.2) is 5.11 Å². The number of benzene rings is 1. The predicted octanol–water partition coefficient (Wildman–Crippen LogP) is 4.29. The van der Waals surface area contributed by atoms with Crippen molar-refractivity contribution in [2.75, 3.05) is 0 Å². The molecule has 4 aliphatic carbocycles. The van der Waals surface area contributed by atoms with E-state index in [9.17, 15) is 4.79 Å². The molecule has 4 aliphatic rings. The summed E-state index contributed by atoms with van der Waals surface area (Å²) in [6.45, 7) is 4.12. The van der Waals surface area contributed by atoms with Crippen LogP contribution < -0.4 is 15.4 Å². The number of nitrogens with one attached hydrogen (secondary N) is 2. The summed E-state index contributed by atoms with van der Waals surface area (Å²) in [5, 5.41) is 6.82. The molecule has 0 spiro atoms. The molecule has 1 amide bonds. The molecule has 0 radical (unpaired) electrons. The molecule has 0 aliphatic heterocycles. The highest BCUT2D eigenvalue weighted by Gasteiger charge is 2.48. The zero-order valence-electron chi connectivity index (χ0n) is 16.2. The fourth-order valence-electron chi connectivity index (χ4n) is 5.52. The number of carbonyl (C=O) groups excluding carboxylic acids is 1. The van der Waals surface area contributed by atoms with Gasteiger partial charge in [-0.1, -0.05) is 6.92 Å². The first-order chi connectivity index (χ1) is 13.0. The van der Waals surface area contributed by atoms with Crippen LogP contribution in [0.3, 0.4) is 0 Å². The third-order valence-corrected chi connectivity index (χ3v) is 7.00. The minimum atomic E-state index is -0.161. The van der Waals surface area contributed by atoms with Gasteiger partial charge in [0.05, 0.1) is 6.10 Å². The van der Waals surface area contributed by atoms with Gasteiger partial charge in [-0.2, -0.15) is 0 Å². The summed E-state index contributed by atoms with van der Waals surface area (Å²) in [6, 6.07) is 7.71. The molecule has 5 heteroatoms. The maximum Gasteiger partial charge on any atom is 0.257 e. The first-order valence-corrected chi connectivity index (χ1v) is 10.8. The zero-order valence-corrected chi connectivity index (χ0v) is 17.1. The van der Waals surface area contributed by atoms with E-state index in [2.05, 4.69) is 17.6 Å². The van der Waals surface area contributed by atoms with Crippen LogP contribution in [0.5, 0.6) is 5.75 Å². The van der Waals surface area contributed by atoms with Gasteiger partial charge in [-0.25, -0.2) is 0 Å². The topological polar surface area (TPSA) is 50.4 Å². The first-order valence-electron chi connectivity index (χ1n) is 10.4. The molecule has 1 unspecified atom stereocenters. The van der Waals surface area contributed by atoms with E-state index in [4.69, 9.17) is 17.0 Å². The van der Waals surface area contributed by atoms with Crippen LogP contribution in [-0.4, -0.2) is 23.2 Å². The van der Waals surface area contributed by atoms with Crippen molar-refractivity contribution in [2.24, 2.45) is 23.7 Å². The van der Waals surface area contributed by atoms with Crippen molar-refractivity contribution < 1.29 is 9.53 Å². The van der Waals surface area contributed by atoms with Crippen molar-refractivity contribution >= 4 is 23.2 Å². The maximum absolute atomic E-state index is 12.5. The van der Waals surface area contributed by atoms with E-state index in [1.54, 1.807) is 12.1 Å². The van der Waals surface area contributed by atoms with Crippen LogP contribution in [0.2, 0.25) is 0 Å². The smallest absolute Gasteiger partial charge is 0.257 e. The Morgan fingerprint density at radius 2 is 1.70 bits per heavy atom. The van der Waals surface area contributed by atoms with Gasteiger partial charge < -0.3 is 10.1 Å². The average Bonchev–Trinajstić information content (AvgIpc) is 2.64. The maximum atomic E-state index is 12.5. The summed E-state index contributed by atoms with van der Waals surface area (Å²) in [6.07, 6.45) is 7.89. The van der Waals surface area contributed by atoms with Gasteiger partial charge in [-0.15, -0.1) is 0 Å². The predicted molar refractivity (Wildman–Crippen MR) is 111 cm³/mol. The summed E-state index contributed by atoms with van der Waals surface area (Å²) < 4.78 is 5.76. The van der Waals surface area contributed by atoms with E-state index >= 15 is 0 Å². The molecule has 2 N–H and O–H groups in total. The lowest BCUT2D eigenvalue weighted by Gasteiger charge is -2.54. The van der Waals surface area contributed by atoms with Crippen LogP contribution >= 0.6 is 12.2 Å². The summed E-state index contributed by atoms with van der Waals surface area (Å²) >= 11 is 5.46. The molecule has 1 atom stereocenters. The van der Waals surface area contributed by atoms with Crippen molar-refractivity contribution in [2.45, 2.75) is 64.5 Å². The van der Waals surface area contributed by atoms with E-state index in [-0.39, 0.29) is 12.0 Å². The van der Waals surface area contributed by atoms with Crippen LogP contribution in [0.25, 0.3) is 0 Å². The first kappa shape index (κ1) is 18.7. The van der Waals surface area contributed by atoms with Gasteiger partial charge >= 0.3 is 0 Å². The standard InChI is InChI=1S/C22H30N2O2S/c1-3-13(2)26-19-6-4-16(5-7-19)21(25)24-22(27)23-20-17-9-14-8-15(11-17)12-18(20)10-14/h4-7,13-15,17-18,20H,3,8-12H2,1-2H3,(H2,23,24,25,27). The van der Waals surface area contributed by atoms with Gasteiger partial charge in [0.1, 0.15) is 5.75 Å². The monoisotopic (exact) mass is 386 g/mol. The number of thiocarbonyl (C=S) groups is 1. The van der Waals surface area contributed by atoms with Crippen LogP contribution in [0.15, 0.2) is 24.3 Å². The third-order valence-electron chi connectivity index (χ3n) is 6.78. The molecular weight excluding hydrogens is 356 g/mol. The Balaban J connectivity index is 1.31. The van der Waals surface area contributed by atoms with Gasteiger partial charge in [-0.3, -0.25) is 10.1 Å². The van der Waals surface area contributed by atoms with Crippen molar-refractivity contribution in [1.82, 2.24) is 10.6 Å². The third kappa shape index (κ3) is 4.13. The molecule has 0 heterocycles. The Hall–Kier alpha value is -1.62. The van der Waals surface area contributed by atoms with E-state index < -0.39 is 0 Å². The molecule has 1 aromatic rings. The largest absolute Gasteiger partial charge is 0.491 e. The lowest BCUT2D eigenvalue weighted by molar-refractivity contribution is -0.00692. The van der Waals surface area contributed by atoms with E-state index in [0.717, 1.165) is 35.8 Å². The molecule has 4 saturated carbocycles. The molecule has 4 fully saturated rings. The number of rotatable bonds is 5. The minimum absolute atomic E-state index is 0.161. The highest BCUT2D eigenvalue weighted by molar-refractivity contribution is 7.80. The normalized spacial score (nSPS) is 32.0. The van der Waals surface area contributed by atoms with Crippen molar-refractivity contribution in [3.8, 4) is 5.75 Å². The van der Waals surface area contributed by atoms with Crippen LogP contribution in [0.4, 0.5) is 0 Å². The van der Waals surface area contributed by atoms with Gasteiger partial charge in [0.25, 0.3) is 5.91 Å². The van der Waals surface area contributed by atoms with Crippen molar-refractivity contribution in [3.63, 3.8) is 0 Å². The minimum Gasteiger partial charge on any atom is -0.491 e. The molecule has 27 heavy (non-hydrogen) atoms. The summed E-state index contributed by atoms with van der Waals surface area (Å²) in [5.74, 6) is 3.96. The molecule has 5 rings (SSSR count). The second-order valence-corrected chi connectivity index (χ2v) is 9.15. The molecule has 4 nitrogen and oxygen atoms in total. The SMILES string of the molecule is CCC(C)Oc1ccc(C(=O)NC(=S)NC2C3CC4CC(C3)CC2C4)cc1. The van der Waals surface area contributed by atoms with Gasteiger partial charge in [0.2, 0.25) is 0 Å². The Bertz CT molecular complexity index is 675. The summed E-state index contributed by atoms with van der Waals surface area (Å²) in [5.41, 5.74) is 0.598. The van der Waals surface area contributed by atoms with E-state index in [0.29, 0.717) is 16.7 Å². The quantitative estimate of drug-likeness (QED) is 0.741. The van der Waals surface area contributed by atoms with Gasteiger partial charge in [-0.05, 0) is 106 Å². The highest BCUT2D eigenvalue weighted by Crippen LogP contribution is 2.53. The number of amides is 1. The van der Waals surface area contributed by atoms with Gasteiger partial charge in [0, 0.05) is 11.6 Å². The van der Waals surface area contributed by atoms with Crippen molar-refractivity contribution in [1.29, 1.82) is 0 Å². The van der Waals surface area contributed by atoms with Crippen LogP contribution in [0.1, 0.15) is 62.7 Å². The Kier molecular flexibility index (Phi) is 5.40. The van der Waals surface area contributed by atoms with E-state index in [1.165, 1.54) is 32.1 Å². The number of carbonyl (C=O) groups is 1. The molecule has 4 bridgehead atoms.